The summed E-state index contributed by atoms with van der Waals surface area (Å²) in [5, 5.41) is 36.3. The smallest absolute Gasteiger partial charge is 0.229 e. The topological polar surface area (TPSA) is 202 Å². The third kappa shape index (κ3) is 5.92. The second kappa shape index (κ2) is 13.0. The Bertz CT molecular complexity index is 1760. The molecule has 0 aliphatic heterocycles. The van der Waals surface area contributed by atoms with Crippen LogP contribution in [0.1, 0.15) is 107 Å². The van der Waals surface area contributed by atoms with Crippen LogP contribution in [-0.4, -0.2) is 56.1 Å². The van der Waals surface area contributed by atoms with Crippen LogP contribution in [0, 0.1) is 0 Å². The second-order valence-electron chi connectivity index (χ2n) is 9.11. The summed E-state index contributed by atoms with van der Waals surface area (Å²) in [7, 11) is 0. The minimum Gasteiger partial charge on any atom is -0.507 e. The molecule has 0 fully saturated rings. The van der Waals surface area contributed by atoms with Crippen molar-refractivity contribution in [1.29, 1.82) is 0 Å². The number of phenols is 2. The van der Waals surface area contributed by atoms with Gasteiger partial charge in [-0.1, -0.05) is 12.1 Å². The third-order valence-electron chi connectivity index (χ3n) is 6.30. The van der Waals surface area contributed by atoms with E-state index in [1.807, 2.05) is 0 Å². The number of carbonyl (C=O) groups excluding carboxylic acids is 5. The van der Waals surface area contributed by atoms with Gasteiger partial charge in [-0.3, -0.25) is 29.2 Å². The maximum absolute atomic E-state index is 12.3. The normalized spacial score (nSPS) is 13.1. The van der Waals surface area contributed by atoms with Crippen LogP contribution >= 0.6 is 13.5 Å². The van der Waals surface area contributed by atoms with E-state index in [2.05, 4.69) is 4.89 Å². The Labute approximate surface area is 250 Å². The molecule has 2 aromatic heterocycles. The number of aromatic hydroxyl groups is 2. The Morgan fingerprint density at radius 2 is 1.23 bits per heavy atom. The lowest BCUT2D eigenvalue weighted by Crippen LogP contribution is -2.19. The lowest BCUT2D eigenvalue weighted by molar-refractivity contribution is -0.237. The van der Waals surface area contributed by atoms with Gasteiger partial charge in [0.2, 0.25) is 23.1 Å². The standard InChI is InChI=1S/C14H10O5.C14H8O5.C2H6O2.H2S/c2*1-6(15)10-5-8-12(17)11-7(3-2-4-9(11)16)13(18)14(8)19-10;1-2-4-3;/h2-6,15-16H,1H3;2-5,16H,1H3;3H,2H2,1H3;1H2/t6-;;;/m0.../s1. The number of carbonyl (C=O) groups is 5. The largest absolute Gasteiger partial charge is 0.507 e. The van der Waals surface area contributed by atoms with Gasteiger partial charge >= 0.3 is 0 Å². The highest BCUT2D eigenvalue weighted by Crippen LogP contribution is 2.36. The predicted octanol–water partition coefficient (Wildman–Crippen LogP) is 4.39. The first-order valence-electron chi connectivity index (χ1n) is 12.5. The number of hydrogen-bond acceptors (Lipinski definition) is 12. The number of fused-ring (bicyclic) bond motifs is 4. The number of aliphatic hydroxyl groups is 1. The molecule has 0 radical (unpaired) electrons. The van der Waals surface area contributed by atoms with Gasteiger partial charge in [0.25, 0.3) is 0 Å². The molecule has 13 heteroatoms. The molecule has 4 N–H and O–H groups in total. The summed E-state index contributed by atoms with van der Waals surface area (Å²) >= 11 is 0. The fourth-order valence-electron chi connectivity index (χ4n) is 4.31. The van der Waals surface area contributed by atoms with E-state index in [1.165, 1.54) is 62.4 Å². The van der Waals surface area contributed by atoms with Crippen molar-refractivity contribution in [3.8, 4) is 11.5 Å². The van der Waals surface area contributed by atoms with Crippen LogP contribution in [0.15, 0.2) is 57.4 Å². The molecular formula is C30H26O12S. The van der Waals surface area contributed by atoms with E-state index < -0.39 is 29.2 Å². The molecule has 0 spiro atoms. The van der Waals surface area contributed by atoms with Gasteiger partial charge in [-0.05, 0) is 50.2 Å². The van der Waals surface area contributed by atoms with Crippen molar-refractivity contribution in [2.75, 3.05) is 6.61 Å². The van der Waals surface area contributed by atoms with E-state index in [9.17, 15) is 39.3 Å². The number of Topliss-reactive ketones (excluding diaryl/α,β-unsaturated/α-hetero) is 1. The number of phenolic OH excluding ortho intramolecular Hbond substituents is 2. The Balaban J connectivity index is 0.000000206. The zero-order chi connectivity index (χ0) is 30.9. The van der Waals surface area contributed by atoms with E-state index in [1.54, 1.807) is 6.92 Å². The molecule has 2 aliphatic rings. The Morgan fingerprint density at radius 3 is 1.65 bits per heavy atom. The quantitative estimate of drug-likeness (QED) is 0.125. The van der Waals surface area contributed by atoms with Crippen LogP contribution in [0.4, 0.5) is 0 Å². The minimum atomic E-state index is -0.914. The van der Waals surface area contributed by atoms with Crippen LogP contribution < -0.4 is 0 Å². The molecule has 6 rings (SSSR count). The zero-order valence-corrected chi connectivity index (χ0v) is 24.0. The molecule has 0 amide bonds. The van der Waals surface area contributed by atoms with E-state index in [0.29, 0.717) is 6.61 Å². The molecule has 1 atom stereocenters. The number of furan rings is 2. The molecule has 2 heterocycles. The molecule has 12 nitrogen and oxygen atoms in total. The zero-order valence-electron chi connectivity index (χ0n) is 23.0. The first kappa shape index (κ1) is 32.7. The number of hydrogen-bond donors (Lipinski definition) is 4. The summed E-state index contributed by atoms with van der Waals surface area (Å²) in [6.07, 6.45) is -0.914. The molecule has 4 aromatic rings. The lowest BCUT2D eigenvalue weighted by Gasteiger charge is -2.13. The second-order valence-corrected chi connectivity index (χ2v) is 9.11. The molecule has 0 saturated heterocycles. The maximum atomic E-state index is 12.3. The SMILES string of the molecule is CC(=O)c1cc2c(o1)C(=O)c1cccc(O)c1C2=O.CCOO.C[C@H](O)c1cc2c(o1)C(=O)c1cccc(O)c1C2=O.S. The molecule has 2 aliphatic carbocycles. The van der Waals surface area contributed by atoms with Crippen LogP contribution in [0.2, 0.25) is 0 Å². The van der Waals surface area contributed by atoms with Gasteiger partial charge in [-0.2, -0.15) is 13.5 Å². The third-order valence-corrected chi connectivity index (χ3v) is 6.30. The van der Waals surface area contributed by atoms with Crippen molar-refractivity contribution in [1.82, 2.24) is 0 Å². The number of rotatable bonds is 3. The number of aliphatic hydroxyl groups excluding tert-OH is 1. The fourth-order valence-corrected chi connectivity index (χ4v) is 4.31. The lowest BCUT2D eigenvalue weighted by atomic mass is 9.88. The van der Waals surface area contributed by atoms with Gasteiger partial charge in [0, 0.05) is 18.1 Å². The van der Waals surface area contributed by atoms with E-state index >= 15 is 0 Å². The van der Waals surface area contributed by atoms with E-state index in [0.717, 1.165) is 0 Å². The van der Waals surface area contributed by atoms with Gasteiger partial charge in [-0.25, -0.2) is 4.89 Å². The first-order chi connectivity index (χ1) is 19.9. The highest BCUT2D eigenvalue weighted by Gasteiger charge is 2.37. The van der Waals surface area contributed by atoms with Gasteiger partial charge in [0.1, 0.15) is 23.4 Å². The summed E-state index contributed by atoms with van der Waals surface area (Å²) in [5.41, 5.74) is 0.235. The summed E-state index contributed by atoms with van der Waals surface area (Å²) in [6, 6.07) is 11.1. The van der Waals surface area contributed by atoms with Crippen LogP contribution in [0.3, 0.4) is 0 Å². The Kier molecular flexibility index (Phi) is 9.89. The summed E-state index contributed by atoms with van der Waals surface area (Å²) < 4.78 is 10.4. The Morgan fingerprint density at radius 1 is 0.791 bits per heavy atom. The highest BCUT2D eigenvalue weighted by molar-refractivity contribution is 7.59. The van der Waals surface area contributed by atoms with Crippen molar-refractivity contribution in [2.45, 2.75) is 26.9 Å². The fraction of sp³-hybridized carbons (Fsp3) is 0.167. The Hall–Kier alpha value is -4.82. The van der Waals surface area contributed by atoms with Crippen molar-refractivity contribution in [3.05, 3.63) is 105 Å². The van der Waals surface area contributed by atoms with Crippen molar-refractivity contribution in [3.63, 3.8) is 0 Å². The van der Waals surface area contributed by atoms with Gasteiger partial charge < -0.3 is 24.2 Å². The van der Waals surface area contributed by atoms with Crippen molar-refractivity contribution in [2.24, 2.45) is 0 Å². The summed E-state index contributed by atoms with van der Waals surface area (Å²) in [6.45, 7) is 4.84. The van der Waals surface area contributed by atoms with E-state index in [-0.39, 0.29) is 87.2 Å². The molecule has 0 saturated carbocycles. The van der Waals surface area contributed by atoms with Gasteiger partial charge in [0.15, 0.2) is 23.1 Å². The van der Waals surface area contributed by atoms with E-state index in [4.69, 9.17) is 14.1 Å². The number of ketones is 5. The highest BCUT2D eigenvalue weighted by atomic mass is 32.1. The average molecular weight is 611 g/mol. The monoisotopic (exact) mass is 610 g/mol. The molecule has 2 aromatic carbocycles. The predicted molar refractivity (Wildman–Crippen MR) is 153 cm³/mol. The average Bonchev–Trinajstić information content (AvgIpc) is 3.62. The first-order valence-corrected chi connectivity index (χ1v) is 12.5. The van der Waals surface area contributed by atoms with Crippen molar-refractivity contribution < 1.29 is 58.3 Å². The molecule has 0 unspecified atom stereocenters. The molecule has 43 heavy (non-hydrogen) atoms. The summed E-state index contributed by atoms with van der Waals surface area (Å²) in [4.78, 5) is 63.7. The van der Waals surface area contributed by atoms with Crippen LogP contribution in [0.25, 0.3) is 0 Å². The molecular weight excluding hydrogens is 584 g/mol. The van der Waals surface area contributed by atoms with Gasteiger partial charge in [-0.15, -0.1) is 0 Å². The molecule has 0 bridgehead atoms. The molecule has 224 valence electrons. The maximum Gasteiger partial charge on any atom is 0.229 e. The summed E-state index contributed by atoms with van der Waals surface area (Å²) in [5.74, 6) is -2.94. The van der Waals surface area contributed by atoms with Crippen LogP contribution in [-0.2, 0) is 4.89 Å². The minimum absolute atomic E-state index is 0. The van der Waals surface area contributed by atoms with Crippen molar-refractivity contribution >= 4 is 42.4 Å². The van der Waals surface area contributed by atoms with Crippen LogP contribution in [0.5, 0.6) is 11.5 Å². The van der Waals surface area contributed by atoms with Gasteiger partial charge in [0.05, 0.1) is 28.9 Å². The number of benzene rings is 2.